The lowest BCUT2D eigenvalue weighted by Gasteiger charge is -2.15. The van der Waals surface area contributed by atoms with Gasteiger partial charge in [0.05, 0.1) is 11.1 Å². The molecule has 128 valence electrons. The first-order valence-corrected chi connectivity index (χ1v) is 7.64. The summed E-state index contributed by atoms with van der Waals surface area (Å²) < 4.78 is 53.7. The molecule has 0 radical (unpaired) electrons. The third kappa shape index (κ3) is 2.38. The lowest BCUT2D eigenvalue weighted by molar-refractivity contribution is -0.118. The molecule has 0 saturated heterocycles. The van der Waals surface area contributed by atoms with Gasteiger partial charge >= 0.3 is 0 Å². The van der Waals surface area contributed by atoms with Gasteiger partial charge in [-0.25, -0.2) is 17.6 Å². The fraction of sp³-hybridized carbons (Fsp3) is 0.167. The molecule has 1 fully saturated rings. The second kappa shape index (κ2) is 5.34. The molecule has 1 aliphatic rings. The van der Waals surface area contributed by atoms with Crippen LogP contribution in [-0.2, 0) is 10.2 Å². The zero-order valence-electron chi connectivity index (χ0n) is 12.8. The smallest absolute Gasteiger partial charge is 0.235 e. The van der Waals surface area contributed by atoms with Crippen LogP contribution in [0.1, 0.15) is 18.4 Å². The van der Waals surface area contributed by atoms with Crippen LogP contribution >= 0.6 is 0 Å². The van der Waals surface area contributed by atoms with E-state index in [0.717, 1.165) is 12.1 Å². The summed E-state index contributed by atoms with van der Waals surface area (Å²) in [6.07, 6.45) is 2.61. The van der Waals surface area contributed by atoms with Gasteiger partial charge in [-0.3, -0.25) is 4.79 Å². The zero-order valence-corrected chi connectivity index (χ0v) is 12.8. The largest absolute Gasteiger partial charge is 0.361 e. The maximum atomic E-state index is 13.8. The standard InChI is InChI=1S/C18H12F4N2O/c19-9-1-3-13-10(7-9)11(8-23-13)18(5-6-18)17(25)24-14-4-2-12(20)15(21)16(14)22/h1-4,7-8,23H,5-6H2,(H,24,25). The molecule has 7 heteroatoms. The van der Waals surface area contributed by atoms with Gasteiger partial charge in [-0.2, -0.15) is 0 Å². The maximum Gasteiger partial charge on any atom is 0.235 e. The van der Waals surface area contributed by atoms with Crippen molar-refractivity contribution in [2.45, 2.75) is 18.3 Å². The number of anilines is 1. The summed E-state index contributed by atoms with van der Waals surface area (Å²) in [6.45, 7) is 0. The van der Waals surface area contributed by atoms with Crippen LogP contribution in [0.15, 0.2) is 36.5 Å². The quantitative estimate of drug-likeness (QED) is 0.535. The molecule has 3 aromatic rings. The number of rotatable bonds is 3. The average Bonchev–Trinajstić information content (AvgIpc) is 3.29. The summed E-state index contributed by atoms with van der Waals surface area (Å²) >= 11 is 0. The van der Waals surface area contributed by atoms with Crippen molar-refractivity contribution in [2.24, 2.45) is 0 Å². The number of aromatic amines is 1. The van der Waals surface area contributed by atoms with Gasteiger partial charge in [-0.15, -0.1) is 0 Å². The molecular formula is C18H12F4N2O. The van der Waals surface area contributed by atoms with Crippen LogP contribution < -0.4 is 5.32 Å². The number of nitrogens with one attached hydrogen (secondary N) is 2. The molecule has 0 atom stereocenters. The third-order valence-corrected chi connectivity index (χ3v) is 4.63. The number of carbonyl (C=O) groups is 1. The minimum absolute atomic E-state index is 0.429. The van der Waals surface area contributed by atoms with E-state index < -0.39 is 40.3 Å². The van der Waals surface area contributed by atoms with Gasteiger partial charge in [0, 0.05) is 17.1 Å². The molecule has 2 N–H and O–H groups in total. The molecule has 0 spiro atoms. The SMILES string of the molecule is O=C(Nc1ccc(F)c(F)c1F)C1(c2c[nH]c3ccc(F)cc23)CC1. The van der Waals surface area contributed by atoms with Crippen LogP contribution in [0.3, 0.4) is 0 Å². The van der Waals surface area contributed by atoms with E-state index >= 15 is 0 Å². The molecule has 1 saturated carbocycles. The van der Waals surface area contributed by atoms with Crippen LogP contribution in [0.2, 0.25) is 0 Å². The number of amides is 1. The molecule has 0 aliphatic heterocycles. The van der Waals surface area contributed by atoms with E-state index in [-0.39, 0.29) is 0 Å². The van der Waals surface area contributed by atoms with Crippen molar-refractivity contribution in [2.75, 3.05) is 5.32 Å². The molecule has 4 rings (SSSR count). The number of fused-ring (bicyclic) bond motifs is 1. The first-order chi connectivity index (χ1) is 11.9. The second-order valence-corrected chi connectivity index (χ2v) is 6.15. The summed E-state index contributed by atoms with van der Waals surface area (Å²) in [5.41, 5.74) is -0.0956. The first-order valence-electron chi connectivity index (χ1n) is 7.64. The Balaban J connectivity index is 1.70. The van der Waals surface area contributed by atoms with Crippen molar-refractivity contribution in [3.8, 4) is 0 Å². The van der Waals surface area contributed by atoms with E-state index in [9.17, 15) is 22.4 Å². The number of hydrogen-bond acceptors (Lipinski definition) is 1. The minimum atomic E-state index is -1.64. The number of benzene rings is 2. The van der Waals surface area contributed by atoms with E-state index in [2.05, 4.69) is 10.3 Å². The van der Waals surface area contributed by atoms with Crippen LogP contribution in [0.25, 0.3) is 10.9 Å². The number of H-pyrrole nitrogens is 1. The highest BCUT2D eigenvalue weighted by molar-refractivity contribution is 6.04. The Morgan fingerprint density at radius 2 is 1.80 bits per heavy atom. The Kier molecular flexibility index (Phi) is 3.35. The third-order valence-electron chi connectivity index (χ3n) is 4.63. The van der Waals surface area contributed by atoms with Crippen molar-refractivity contribution < 1.29 is 22.4 Å². The van der Waals surface area contributed by atoms with Gasteiger partial charge in [0.2, 0.25) is 5.91 Å². The Labute approximate surface area is 139 Å². The highest BCUT2D eigenvalue weighted by atomic mass is 19.2. The molecule has 1 aromatic heterocycles. The van der Waals surface area contributed by atoms with Crippen molar-refractivity contribution in [3.63, 3.8) is 0 Å². The van der Waals surface area contributed by atoms with E-state index in [1.807, 2.05) is 0 Å². The Morgan fingerprint density at radius 1 is 1.04 bits per heavy atom. The highest BCUT2D eigenvalue weighted by Gasteiger charge is 2.52. The number of halogens is 4. The van der Waals surface area contributed by atoms with Crippen molar-refractivity contribution in [3.05, 3.63) is 65.4 Å². The second-order valence-electron chi connectivity index (χ2n) is 6.15. The van der Waals surface area contributed by atoms with E-state index in [0.29, 0.717) is 29.3 Å². The van der Waals surface area contributed by atoms with Crippen molar-refractivity contribution in [1.29, 1.82) is 0 Å². The average molecular weight is 348 g/mol. The molecular weight excluding hydrogens is 336 g/mol. The molecule has 0 bridgehead atoms. The number of aromatic nitrogens is 1. The Hall–Kier alpha value is -2.83. The summed E-state index contributed by atoms with van der Waals surface area (Å²) in [5.74, 6) is -5.39. The molecule has 2 aromatic carbocycles. The lowest BCUT2D eigenvalue weighted by Crippen LogP contribution is -2.28. The van der Waals surface area contributed by atoms with Crippen molar-refractivity contribution >= 4 is 22.5 Å². The highest BCUT2D eigenvalue weighted by Crippen LogP contribution is 2.51. The topological polar surface area (TPSA) is 44.9 Å². The van der Waals surface area contributed by atoms with Crippen LogP contribution in [-0.4, -0.2) is 10.9 Å². The first kappa shape index (κ1) is 15.7. The Bertz CT molecular complexity index is 1010. The van der Waals surface area contributed by atoms with Gasteiger partial charge in [0.15, 0.2) is 17.5 Å². The molecule has 25 heavy (non-hydrogen) atoms. The maximum absolute atomic E-state index is 13.8. The summed E-state index contributed by atoms with van der Waals surface area (Å²) in [5, 5.41) is 2.89. The summed E-state index contributed by atoms with van der Waals surface area (Å²) in [4.78, 5) is 15.6. The van der Waals surface area contributed by atoms with Gasteiger partial charge < -0.3 is 10.3 Å². The fourth-order valence-corrected chi connectivity index (χ4v) is 3.10. The predicted molar refractivity (Wildman–Crippen MR) is 84.1 cm³/mol. The van der Waals surface area contributed by atoms with Gasteiger partial charge in [-0.05, 0) is 48.7 Å². The van der Waals surface area contributed by atoms with E-state index in [1.165, 1.54) is 12.1 Å². The predicted octanol–water partition coefficient (Wildman–Crippen LogP) is 4.39. The fourth-order valence-electron chi connectivity index (χ4n) is 3.10. The van der Waals surface area contributed by atoms with E-state index in [1.54, 1.807) is 12.3 Å². The molecule has 1 aliphatic carbocycles. The van der Waals surface area contributed by atoms with Gasteiger partial charge in [0.25, 0.3) is 0 Å². The van der Waals surface area contributed by atoms with Crippen molar-refractivity contribution in [1.82, 2.24) is 4.98 Å². The lowest BCUT2D eigenvalue weighted by atomic mass is 9.94. The van der Waals surface area contributed by atoms with Gasteiger partial charge in [0.1, 0.15) is 5.82 Å². The number of hydrogen-bond donors (Lipinski definition) is 2. The normalized spacial score (nSPS) is 15.4. The zero-order chi connectivity index (χ0) is 17.8. The molecule has 1 amide bonds. The Morgan fingerprint density at radius 3 is 2.52 bits per heavy atom. The van der Waals surface area contributed by atoms with Crippen LogP contribution in [0.5, 0.6) is 0 Å². The van der Waals surface area contributed by atoms with E-state index in [4.69, 9.17) is 0 Å². The van der Waals surface area contributed by atoms with Gasteiger partial charge in [-0.1, -0.05) is 0 Å². The molecule has 0 unspecified atom stereocenters. The molecule has 1 heterocycles. The number of carbonyl (C=O) groups excluding carboxylic acids is 1. The van der Waals surface area contributed by atoms with Crippen LogP contribution in [0.4, 0.5) is 23.2 Å². The summed E-state index contributed by atoms with van der Waals surface area (Å²) in [7, 11) is 0. The molecule has 3 nitrogen and oxygen atoms in total. The summed E-state index contributed by atoms with van der Waals surface area (Å²) in [6, 6.07) is 5.91. The monoisotopic (exact) mass is 348 g/mol. The minimum Gasteiger partial charge on any atom is -0.361 e. The van der Waals surface area contributed by atoms with Crippen LogP contribution in [0, 0.1) is 23.3 Å².